The summed E-state index contributed by atoms with van der Waals surface area (Å²) in [6, 6.07) is 15.5. The summed E-state index contributed by atoms with van der Waals surface area (Å²) < 4.78 is 0. The van der Waals surface area contributed by atoms with Crippen LogP contribution < -0.4 is 0 Å². The summed E-state index contributed by atoms with van der Waals surface area (Å²) in [5.41, 5.74) is 7.37. The van der Waals surface area contributed by atoms with Crippen LogP contribution in [-0.4, -0.2) is 5.25 Å². The number of hydrogen-bond donors (Lipinski definition) is 1. The minimum absolute atomic E-state index is 0.477. The number of hydrogen-bond acceptors (Lipinski definition) is 1. The van der Waals surface area contributed by atoms with Crippen molar-refractivity contribution in [2.75, 3.05) is 0 Å². The van der Waals surface area contributed by atoms with E-state index >= 15 is 0 Å². The van der Waals surface area contributed by atoms with Gasteiger partial charge in [0.1, 0.15) is 0 Å². The van der Waals surface area contributed by atoms with Crippen LogP contribution in [0.1, 0.15) is 30.0 Å². The summed E-state index contributed by atoms with van der Waals surface area (Å²) in [5.74, 6) is 0. The molecule has 1 unspecified atom stereocenters. The van der Waals surface area contributed by atoms with Crippen LogP contribution in [0.2, 0.25) is 0 Å². The monoisotopic (exact) mass is 254 g/mol. The highest BCUT2D eigenvalue weighted by Gasteiger charge is 2.19. The van der Waals surface area contributed by atoms with Gasteiger partial charge in [0.25, 0.3) is 0 Å². The van der Waals surface area contributed by atoms with E-state index in [0.29, 0.717) is 5.25 Å². The summed E-state index contributed by atoms with van der Waals surface area (Å²) in [6.07, 6.45) is 3.39. The molecule has 1 aliphatic rings. The molecule has 0 bridgehead atoms. The average molecular weight is 254 g/mol. The van der Waals surface area contributed by atoms with Crippen molar-refractivity contribution in [1.82, 2.24) is 0 Å². The molecule has 0 spiro atoms. The third-order valence-corrected chi connectivity index (χ3v) is 4.04. The zero-order valence-corrected chi connectivity index (χ0v) is 11.6. The molecule has 0 nitrogen and oxygen atoms in total. The molecule has 0 N–H and O–H groups in total. The Hall–Kier alpha value is -1.21. The van der Waals surface area contributed by atoms with E-state index in [1.807, 2.05) is 0 Å². The topological polar surface area (TPSA) is 0 Å². The van der Waals surface area contributed by atoms with Crippen molar-refractivity contribution in [3.63, 3.8) is 0 Å². The lowest BCUT2D eigenvalue weighted by Gasteiger charge is -2.09. The molecule has 3 rings (SSSR count). The lowest BCUT2D eigenvalue weighted by Crippen LogP contribution is -1.98. The molecule has 0 heterocycles. The second kappa shape index (κ2) is 4.81. The molecule has 0 radical (unpaired) electrons. The zero-order valence-electron chi connectivity index (χ0n) is 10.7. The van der Waals surface area contributed by atoms with Gasteiger partial charge in [-0.05, 0) is 52.3 Å². The molecule has 1 heteroatoms. The van der Waals surface area contributed by atoms with Gasteiger partial charge in [-0.25, -0.2) is 0 Å². The predicted molar refractivity (Wildman–Crippen MR) is 81.5 cm³/mol. The van der Waals surface area contributed by atoms with Crippen LogP contribution in [0.25, 0.3) is 11.1 Å². The van der Waals surface area contributed by atoms with Crippen molar-refractivity contribution >= 4 is 12.6 Å². The fourth-order valence-electron chi connectivity index (χ4n) is 2.82. The van der Waals surface area contributed by atoms with Gasteiger partial charge in [-0.1, -0.05) is 49.4 Å². The summed E-state index contributed by atoms with van der Waals surface area (Å²) in [7, 11) is 0. The predicted octanol–water partition coefficient (Wildman–Crippen LogP) is 4.51. The average Bonchev–Trinajstić information content (AvgIpc) is 2.75. The Morgan fingerprint density at radius 1 is 1.06 bits per heavy atom. The van der Waals surface area contributed by atoms with E-state index in [0.717, 1.165) is 19.3 Å². The first-order chi connectivity index (χ1) is 8.75. The van der Waals surface area contributed by atoms with Gasteiger partial charge < -0.3 is 0 Å². The van der Waals surface area contributed by atoms with E-state index in [1.54, 1.807) is 0 Å². The van der Waals surface area contributed by atoms with Crippen LogP contribution in [0, 0.1) is 0 Å². The molecule has 2 aromatic carbocycles. The first-order valence-corrected chi connectivity index (χ1v) is 7.14. The molecule has 92 valence electrons. The van der Waals surface area contributed by atoms with E-state index < -0.39 is 0 Å². The summed E-state index contributed by atoms with van der Waals surface area (Å²) in [4.78, 5) is 0. The maximum absolute atomic E-state index is 4.48. The summed E-state index contributed by atoms with van der Waals surface area (Å²) in [6.45, 7) is 2.17. The molecule has 0 aromatic heterocycles. The lowest BCUT2D eigenvalue weighted by molar-refractivity contribution is 0.810. The van der Waals surface area contributed by atoms with Crippen LogP contribution >= 0.6 is 12.6 Å². The van der Waals surface area contributed by atoms with Crippen molar-refractivity contribution in [3.8, 4) is 11.1 Å². The van der Waals surface area contributed by atoms with Crippen molar-refractivity contribution in [2.45, 2.75) is 31.4 Å². The Bertz CT molecular complexity index is 570. The van der Waals surface area contributed by atoms with Gasteiger partial charge in [-0.2, -0.15) is 12.6 Å². The number of benzene rings is 2. The van der Waals surface area contributed by atoms with Crippen molar-refractivity contribution < 1.29 is 0 Å². The molecule has 1 aliphatic carbocycles. The largest absolute Gasteiger partial charge is 0.176 e. The molecule has 18 heavy (non-hydrogen) atoms. The quantitative estimate of drug-likeness (QED) is 0.653. The molecule has 2 aromatic rings. The van der Waals surface area contributed by atoms with Crippen molar-refractivity contribution in [2.24, 2.45) is 0 Å². The first-order valence-electron chi connectivity index (χ1n) is 6.63. The standard InChI is InChI=1S/C17H18S/c1-12(18)9-10-13-6-4-8-16-15-7-3-2-5-14(15)11-17(13)16/h2-8,12,18H,9-11H2,1H3. The summed E-state index contributed by atoms with van der Waals surface area (Å²) >= 11 is 4.48. The maximum Gasteiger partial charge on any atom is -0.000842 e. The van der Waals surface area contributed by atoms with Crippen molar-refractivity contribution in [3.05, 3.63) is 59.2 Å². The number of rotatable bonds is 3. The van der Waals surface area contributed by atoms with Gasteiger partial charge in [0, 0.05) is 0 Å². The third-order valence-electron chi connectivity index (χ3n) is 3.78. The highest BCUT2D eigenvalue weighted by molar-refractivity contribution is 7.80. The third kappa shape index (κ3) is 2.08. The van der Waals surface area contributed by atoms with E-state index in [1.165, 1.54) is 27.8 Å². The second-order valence-electron chi connectivity index (χ2n) is 5.16. The van der Waals surface area contributed by atoms with Crippen LogP contribution in [0.15, 0.2) is 42.5 Å². The zero-order chi connectivity index (χ0) is 12.5. The Kier molecular flexibility index (Phi) is 3.17. The van der Waals surface area contributed by atoms with Gasteiger partial charge in [-0.3, -0.25) is 0 Å². The first kappa shape index (κ1) is 11.9. The normalized spacial score (nSPS) is 14.1. The van der Waals surface area contributed by atoms with Gasteiger partial charge in [0.15, 0.2) is 0 Å². The van der Waals surface area contributed by atoms with Gasteiger partial charge in [0.2, 0.25) is 0 Å². The van der Waals surface area contributed by atoms with E-state index in [9.17, 15) is 0 Å². The Labute approximate surface area is 114 Å². The minimum atomic E-state index is 0.477. The number of fused-ring (bicyclic) bond motifs is 3. The highest BCUT2D eigenvalue weighted by Crippen LogP contribution is 2.38. The van der Waals surface area contributed by atoms with Gasteiger partial charge in [0.05, 0.1) is 0 Å². The maximum atomic E-state index is 4.48. The SMILES string of the molecule is CC(S)CCc1cccc2c1Cc1ccccc1-2. The minimum Gasteiger partial charge on any atom is -0.176 e. The molecule has 0 amide bonds. The fourth-order valence-corrected chi connectivity index (χ4v) is 2.95. The molecular formula is C17H18S. The van der Waals surface area contributed by atoms with Crippen LogP contribution in [0.5, 0.6) is 0 Å². The molecule has 1 atom stereocenters. The molecule has 0 fully saturated rings. The Balaban J connectivity index is 1.98. The van der Waals surface area contributed by atoms with Crippen molar-refractivity contribution in [1.29, 1.82) is 0 Å². The van der Waals surface area contributed by atoms with Crippen LogP contribution in [0.3, 0.4) is 0 Å². The molecular weight excluding hydrogens is 236 g/mol. The van der Waals surface area contributed by atoms with Crippen LogP contribution in [0.4, 0.5) is 0 Å². The highest BCUT2D eigenvalue weighted by atomic mass is 32.1. The molecule has 0 saturated heterocycles. The Morgan fingerprint density at radius 3 is 2.67 bits per heavy atom. The molecule has 0 saturated carbocycles. The smallest absolute Gasteiger partial charge is 0.000842 e. The lowest BCUT2D eigenvalue weighted by atomic mass is 9.97. The van der Waals surface area contributed by atoms with Crippen LogP contribution in [-0.2, 0) is 12.8 Å². The van der Waals surface area contributed by atoms with E-state index in [4.69, 9.17) is 0 Å². The summed E-state index contributed by atoms with van der Waals surface area (Å²) in [5, 5.41) is 0.477. The number of thiol groups is 1. The molecule has 0 aliphatic heterocycles. The fraction of sp³-hybridized carbons (Fsp3) is 0.294. The van der Waals surface area contributed by atoms with Gasteiger partial charge >= 0.3 is 0 Å². The van der Waals surface area contributed by atoms with Gasteiger partial charge in [-0.15, -0.1) is 0 Å². The van der Waals surface area contributed by atoms with E-state index in [-0.39, 0.29) is 0 Å². The second-order valence-corrected chi connectivity index (χ2v) is 6.05. The number of aryl methyl sites for hydroxylation is 1. The Morgan fingerprint density at radius 2 is 1.83 bits per heavy atom. The van der Waals surface area contributed by atoms with E-state index in [2.05, 4.69) is 62.0 Å².